The lowest BCUT2D eigenvalue weighted by Gasteiger charge is -2.11. The number of anilines is 1. The Hall–Kier alpha value is -1.43. The summed E-state index contributed by atoms with van der Waals surface area (Å²) in [4.78, 5) is 11.2. The van der Waals surface area contributed by atoms with Gasteiger partial charge in [-0.25, -0.2) is 8.78 Å². The Morgan fingerprint density at radius 1 is 1.53 bits per heavy atom. The predicted octanol–water partition coefficient (Wildman–Crippen LogP) is 2.86. The zero-order valence-electron chi connectivity index (χ0n) is 8.80. The molecule has 0 saturated carbocycles. The molecule has 6 heteroatoms. The summed E-state index contributed by atoms with van der Waals surface area (Å²) in [6.45, 7) is 3.47. The number of hydrogen-bond donors (Lipinski definition) is 1. The molecule has 0 aliphatic rings. The third-order valence-electron chi connectivity index (χ3n) is 1.75. The van der Waals surface area contributed by atoms with Crippen LogP contribution in [0.4, 0.5) is 14.5 Å². The number of hydrogen-bond acceptors (Lipinski definition) is 2. The van der Waals surface area contributed by atoms with Crippen molar-refractivity contribution in [1.29, 1.82) is 0 Å². The van der Waals surface area contributed by atoms with Crippen LogP contribution in [-0.2, 0) is 4.79 Å². The minimum Gasteiger partial charge on any atom is -0.484 e. The van der Waals surface area contributed by atoms with Crippen molar-refractivity contribution in [2.24, 2.45) is 0 Å². The van der Waals surface area contributed by atoms with Crippen LogP contribution >= 0.6 is 15.9 Å². The second-order valence-electron chi connectivity index (χ2n) is 3.05. The Balaban J connectivity index is 3.05. The summed E-state index contributed by atoms with van der Waals surface area (Å²) in [5.74, 6) is -2.31. The standard InChI is InChI=1S/C11H10BrF2NO2/c1-2-3-17-11-8(14)4-7(13)5-9(11)15-10(16)6-12/h2,4-5H,1,3,6H2,(H,15,16). The molecule has 1 N–H and O–H groups in total. The Morgan fingerprint density at radius 2 is 2.24 bits per heavy atom. The zero-order chi connectivity index (χ0) is 12.8. The van der Waals surface area contributed by atoms with E-state index in [1.807, 2.05) is 0 Å². The second-order valence-corrected chi connectivity index (χ2v) is 3.61. The van der Waals surface area contributed by atoms with E-state index in [1.54, 1.807) is 0 Å². The van der Waals surface area contributed by atoms with E-state index in [4.69, 9.17) is 4.74 Å². The molecule has 92 valence electrons. The number of alkyl halides is 1. The van der Waals surface area contributed by atoms with Crippen LogP contribution in [0, 0.1) is 11.6 Å². The van der Waals surface area contributed by atoms with Gasteiger partial charge in [0.25, 0.3) is 0 Å². The van der Waals surface area contributed by atoms with Gasteiger partial charge in [-0.2, -0.15) is 0 Å². The van der Waals surface area contributed by atoms with Crippen molar-refractivity contribution in [3.05, 3.63) is 36.4 Å². The van der Waals surface area contributed by atoms with Gasteiger partial charge in [-0.15, -0.1) is 0 Å². The fraction of sp³-hybridized carbons (Fsp3) is 0.182. The highest BCUT2D eigenvalue weighted by atomic mass is 79.9. The molecule has 0 heterocycles. The number of carbonyl (C=O) groups excluding carboxylic acids is 1. The predicted molar refractivity (Wildman–Crippen MR) is 64.5 cm³/mol. The largest absolute Gasteiger partial charge is 0.484 e. The number of nitrogens with one attached hydrogen (secondary N) is 1. The SMILES string of the molecule is C=CCOc1c(F)cc(F)cc1NC(=O)CBr. The van der Waals surface area contributed by atoms with Crippen LogP contribution in [0.2, 0.25) is 0 Å². The molecule has 3 nitrogen and oxygen atoms in total. The van der Waals surface area contributed by atoms with Gasteiger partial charge in [0.05, 0.1) is 11.0 Å². The molecule has 0 aliphatic heterocycles. The van der Waals surface area contributed by atoms with Gasteiger partial charge in [0.2, 0.25) is 5.91 Å². The molecule has 0 radical (unpaired) electrons. The van der Waals surface area contributed by atoms with E-state index >= 15 is 0 Å². The molecule has 1 amide bonds. The van der Waals surface area contributed by atoms with Crippen LogP contribution in [-0.4, -0.2) is 17.8 Å². The van der Waals surface area contributed by atoms with Crippen LogP contribution in [0.15, 0.2) is 24.8 Å². The number of carbonyl (C=O) groups is 1. The third kappa shape index (κ3) is 3.81. The Kier molecular flexibility index (Phi) is 5.09. The molecule has 0 aliphatic carbocycles. The minimum absolute atomic E-state index is 0.0199. The van der Waals surface area contributed by atoms with E-state index < -0.39 is 17.5 Å². The second kappa shape index (κ2) is 6.34. The summed E-state index contributed by atoms with van der Waals surface area (Å²) in [5.41, 5.74) is -0.0474. The lowest BCUT2D eigenvalue weighted by Crippen LogP contribution is -2.14. The van der Waals surface area contributed by atoms with Crippen LogP contribution < -0.4 is 10.1 Å². The van der Waals surface area contributed by atoms with Crippen molar-refractivity contribution in [2.45, 2.75) is 0 Å². The van der Waals surface area contributed by atoms with Crippen LogP contribution in [0.5, 0.6) is 5.75 Å². The van der Waals surface area contributed by atoms with Gasteiger partial charge in [-0.1, -0.05) is 28.6 Å². The maximum absolute atomic E-state index is 13.4. The molecule has 0 aromatic heterocycles. The summed E-state index contributed by atoms with van der Waals surface area (Å²) in [6, 6.07) is 1.67. The highest BCUT2D eigenvalue weighted by Crippen LogP contribution is 2.29. The average Bonchev–Trinajstić information content (AvgIpc) is 2.27. The van der Waals surface area contributed by atoms with Crippen LogP contribution in [0.1, 0.15) is 0 Å². The van der Waals surface area contributed by atoms with Crippen molar-refractivity contribution in [3.63, 3.8) is 0 Å². The zero-order valence-corrected chi connectivity index (χ0v) is 10.4. The molecule has 17 heavy (non-hydrogen) atoms. The van der Waals surface area contributed by atoms with Crippen molar-refractivity contribution >= 4 is 27.5 Å². The van der Waals surface area contributed by atoms with Gasteiger partial charge >= 0.3 is 0 Å². The molecular weight excluding hydrogens is 296 g/mol. The molecular formula is C11H10BrF2NO2. The summed E-state index contributed by atoms with van der Waals surface area (Å²) in [5, 5.41) is 2.35. The summed E-state index contributed by atoms with van der Waals surface area (Å²) >= 11 is 2.93. The molecule has 1 aromatic carbocycles. The van der Waals surface area contributed by atoms with Crippen LogP contribution in [0.3, 0.4) is 0 Å². The molecule has 0 unspecified atom stereocenters. The lowest BCUT2D eigenvalue weighted by molar-refractivity contribution is -0.113. The summed E-state index contributed by atoms with van der Waals surface area (Å²) in [7, 11) is 0. The van der Waals surface area contributed by atoms with Crippen molar-refractivity contribution in [3.8, 4) is 5.75 Å². The summed E-state index contributed by atoms with van der Waals surface area (Å²) < 4.78 is 31.5. The molecule has 0 bridgehead atoms. The van der Waals surface area contributed by atoms with E-state index in [2.05, 4.69) is 27.8 Å². The molecule has 0 spiro atoms. The summed E-state index contributed by atoms with van der Waals surface area (Å²) in [6.07, 6.45) is 1.42. The quantitative estimate of drug-likeness (QED) is 0.671. The van der Waals surface area contributed by atoms with Crippen molar-refractivity contribution in [1.82, 2.24) is 0 Å². The van der Waals surface area contributed by atoms with E-state index in [0.29, 0.717) is 6.07 Å². The van der Waals surface area contributed by atoms with E-state index in [1.165, 1.54) is 6.08 Å². The van der Waals surface area contributed by atoms with E-state index in [9.17, 15) is 13.6 Å². The van der Waals surface area contributed by atoms with E-state index in [-0.39, 0.29) is 23.4 Å². The molecule has 1 aromatic rings. The van der Waals surface area contributed by atoms with Crippen molar-refractivity contribution in [2.75, 3.05) is 17.3 Å². The highest BCUT2D eigenvalue weighted by Gasteiger charge is 2.14. The maximum Gasteiger partial charge on any atom is 0.235 e. The highest BCUT2D eigenvalue weighted by molar-refractivity contribution is 9.09. The van der Waals surface area contributed by atoms with Gasteiger partial charge in [0, 0.05) is 12.1 Å². The average molecular weight is 306 g/mol. The number of benzene rings is 1. The smallest absolute Gasteiger partial charge is 0.235 e. The number of ether oxygens (including phenoxy) is 1. The first-order valence-corrected chi connectivity index (χ1v) is 5.79. The first-order chi connectivity index (χ1) is 8.08. The monoisotopic (exact) mass is 305 g/mol. The van der Waals surface area contributed by atoms with E-state index in [0.717, 1.165) is 6.07 Å². The Labute approximate surface area is 106 Å². The fourth-order valence-corrected chi connectivity index (χ4v) is 1.27. The van der Waals surface area contributed by atoms with Gasteiger partial charge in [0.15, 0.2) is 11.6 Å². The molecule has 0 fully saturated rings. The molecule has 1 rings (SSSR count). The van der Waals surface area contributed by atoms with Crippen molar-refractivity contribution < 1.29 is 18.3 Å². The van der Waals surface area contributed by atoms with Gasteiger partial charge in [0.1, 0.15) is 12.4 Å². The topological polar surface area (TPSA) is 38.3 Å². The fourth-order valence-electron chi connectivity index (χ4n) is 1.13. The lowest BCUT2D eigenvalue weighted by atomic mass is 10.2. The normalized spacial score (nSPS) is 9.82. The molecule has 0 saturated heterocycles. The minimum atomic E-state index is -0.878. The number of amides is 1. The number of halogens is 3. The van der Waals surface area contributed by atoms with Gasteiger partial charge in [-0.3, -0.25) is 4.79 Å². The van der Waals surface area contributed by atoms with Gasteiger partial charge in [-0.05, 0) is 0 Å². The first-order valence-electron chi connectivity index (χ1n) is 4.67. The number of rotatable bonds is 5. The first kappa shape index (κ1) is 13.6. The van der Waals surface area contributed by atoms with Crippen LogP contribution in [0.25, 0.3) is 0 Å². The Bertz CT molecular complexity index is 438. The Morgan fingerprint density at radius 3 is 2.82 bits per heavy atom. The van der Waals surface area contributed by atoms with Gasteiger partial charge < -0.3 is 10.1 Å². The molecule has 0 atom stereocenters. The third-order valence-corrected chi connectivity index (χ3v) is 2.26. The maximum atomic E-state index is 13.4.